The van der Waals surface area contributed by atoms with Crippen LogP contribution < -0.4 is 21.3 Å². The molecule has 2 fully saturated rings. The Balaban J connectivity index is 1.70. The number of nitrogens with one attached hydrogen (secondary N) is 4. The maximum absolute atomic E-state index is 6.09. The van der Waals surface area contributed by atoms with E-state index in [0.29, 0.717) is 112 Å². The lowest BCUT2D eigenvalue weighted by molar-refractivity contribution is -0.176. The smallest absolute Gasteiger partial charge is 0.180 e. The molecular weight excluding hydrogens is 512 g/mol. The Hall–Kier alpha value is -0.520. The van der Waals surface area contributed by atoms with Gasteiger partial charge < -0.3 is 63.9 Å². The molecule has 39 heavy (non-hydrogen) atoms. The molecule has 0 amide bonds. The molecule has 2 rings (SSSR count). The van der Waals surface area contributed by atoms with Crippen LogP contribution in [0.5, 0.6) is 0 Å². The number of hydrogen-bond donors (Lipinski definition) is 4. The molecular formula is C26H54N4O9. The first-order chi connectivity index (χ1) is 19.4. The van der Waals surface area contributed by atoms with Crippen LogP contribution in [0, 0.1) is 0 Å². The van der Waals surface area contributed by atoms with Crippen molar-refractivity contribution in [3.63, 3.8) is 0 Å². The lowest BCUT2D eigenvalue weighted by Crippen LogP contribution is -2.33. The highest BCUT2D eigenvalue weighted by atomic mass is 16.7. The quantitative estimate of drug-likeness (QED) is 0.319. The zero-order valence-corrected chi connectivity index (χ0v) is 23.8. The molecule has 0 radical (unpaired) electrons. The van der Waals surface area contributed by atoms with Gasteiger partial charge in [0.15, 0.2) is 6.29 Å². The highest BCUT2D eigenvalue weighted by Crippen LogP contribution is 2.04. The van der Waals surface area contributed by atoms with Gasteiger partial charge in [0.05, 0.1) is 105 Å². The second kappa shape index (κ2) is 27.6. The van der Waals surface area contributed by atoms with Crippen molar-refractivity contribution in [2.75, 3.05) is 151 Å². The molecule has 2 aliphatic rings. The zero-order valence-electron chi connectivity index (χ0n) is 23.8. The summed E-state index contributed by atoms with van der Waals surface area (Å²) in [7, 11) is 0. The SMILES string of the molecule is C1COCCOCCNCCOC(CCOC2COCCNCCOCCOCCNCCO2)COCCN1. The minimum absolute atomic E-state index is 0.0709. The van der Waals surface area contributed by atoms with E-state index in [-0.39, 0.29) is 6.10 Å². The highest BCUT2D eigenvalue weighted by molar-refractivity contribution is 4.60. The summed E-state index contributed by atoms with van der Waals surface area (Å²) in [5.74, 6) is 0. The van der Waals surface area contributed by atoms with E-state index < -0.39 is 6.29 Å². The van der Waals surface area contributed by atoms with Gasteiger partial charge in [-0.25, -0.2) is 0 Å². The summed E-state index contributed by atoms with van der Waals surface area (Å²) in [6.07, 6.45) is 0.179. The van der Waals surface area contributed by atoms with Gasteiger partial charge >= 0.3 is 0 Å². The van der Waals surface area contributed by atoms with Crippen molar-refractivity contribution >= 4 is 0 Å². The van der Waals surface area contributed by atoms with Crippen LogP contribution in [0.4, 0.5) is 0 Å². The molecule has 0 saturated carbocycles. The third kappa shape index (κ3) is 22.8. The first-order valence-electron chi connectivity index (χ1n) is 14.6. The number of ether oxygens (including phenoxy) is 9. The molecule has 4 N–H and O–H groups in total. The summed E-state index contributed by atoms with van der Waals surface area (Å²) in [6, 6.07) is 0. The van der Waals surface area contributed by atoms with Crippen molar-refractivity contribution in [1.82, 2.24) is 21.3 Å². The largest absolute Gasteiger partial charge is 0.378 e. The fourth-order valence-corrected chi connectivity index (χ4v) is 3.65. The molecule has 2 atom stereocenters. The van der Waals surface area contributed by atoms with Gasteiger partial charge in [0.2, 0.25) is 0 Å². The normalized spacial score (nSPS) is 27.4. The Bertz CT molecular complexity index is 436. The monoisotopic (exact) mass is 566 g/mol. The van der Waals surface area contributed by atoms with E-state index in [9.17, 15) is 0 Å². The van der Waals surface area contributed by atoms with Crippen molar-refractivity contribution < 1.29 is 42.6 Å². The zero-order chi connectivity index (χ0) is 27.3. The molecule has 13 heteroatoms. The molecule has 2 aliphatic heterocycles. The molecule has 2 saturated heterocycles. The highest BCUT2D eigenvalue weighted by Gasteiger charge is 2.14. The molecule has 13 nitrogen and oxygen atoms in total. The molecule has 2 heterocycles. The van der Waals surface area contributed by atoms with Crippen LogP contribution >= 0.6 is 0 Å². The van der Waals surface area contributed by atoms with Crippen LogP contribution in [0.2, 0.25) is 0 Å². The van der Waals surface area contributed by atoms with Crippen molar-refractivity contribution in [1.29, 1.82) is 0 Å². The van der Waals surface area contributed by atoms with E-state index in [1.54, 1.807) is 0 Å². The Morgan fingerprint density at radius 3 is 1.36 bits per heavy atom. The summed E-state index contributed by atoms with van der Waals surface area (Å²) < 4.78 is 52.0. The first-order valence-corrected chi connectivity index (χ1v) is 14.6. The average molecular weight is 567 g/mol. The average Bonchev–Trinajstić information content (AvgIpc) is 2.94. The number of rotatable bonds is 4. The fraction of sp³-hybridized carbons (Fsp3) is 1.00. The first kappa shape index (κ1) is 34.7. The maximum Gasteiger partial charge on any atom is 0.180 e. The van der Waals surface area contributed by atoms with E-state index in [0.717, 1.165) is 45.8 Å². The predicted octanol–water partition coefficient (Wildman–Crippen LogP) is -1.39. The molecule has 0 aliphatic carbocycles. The van der Waals surface area contributed by atoms with Crippen LogP contribution in [-0.4, -0.2) is 164 Å². The molecule has 2 unspecified atom stereocenters. The van der Waals surface area contributed by atoms with Gasteiger partial charge in [0, 0.05) is 52.4 Å². The predicted molar refractivity (Wildman–Crippen MR) is 146 cm³/mol. The van der Waals surface area contributed by atoms with E-state index in [1.165, 1.54) is 0 Å². The fourth-order valence-electron chi connectivity index (χ4n) is 3.65. The standard InChI is InChI=1S/C26H54N4O9/c1(25-23-35-15-6-27-2-11-31-19-21-33-13-4-29-8-17-37-25)10-38-26-24-36-16-7-28-3-12-32-20-22-34-14-5-30-9-18-39-26/h25-30H,1-24H2. The van der Waals surface area contributed by atoms with E-state index >= 15 is 0 Å². The van der Waals surface area contributed by atoms with Gasteiger partial charge in [0.1, 0.15) is 0 Å². The minimum Gasteiger partial charge on any atom is -0.378 e. The van der Waals surface area contributed by atoms with Gasteiger partial charge in [0.25, 0.3) is 0 Å². The van der Waals surface area contributed by atoms with Crippen LogP contribution in [0.15, 0.2) is 0 Å². The van der Waals surface area contributed by atoms with Crippen LogP contribution in [0.1, 0.15) is 6.42 Å². The Morgan fingerprint density at radius 2 is 0.846 bits per heavy atom. The second-order valence-corrected chi connectivity index (χ2v) is 9.05. The van der Waals surface area contributed by atoms with Crippen molar-refractivity contribution in [3.05, 3.63) is 0 Å². The van der Waals surface area contributed by atoms with Crippen LogP contribution in [-0.2, 0) is 42.6 Å². The van der Waals surface area contributed by atoms with E-state index in [2.05, 4.69) is 21.3 Å². The maximum atomic E-state index is 6.09. The number of hydrogen-bond acceptors (Lipinski definition) is 13. The lowest BCUT2D eigenvalue weighted by atomic mass is 10.3. The molecule has 0 aromatic carbocycles. The Kier molecular flexibility index (Phi) is 24.6. The molecule has 0 bridgehead atoms. The molecule has 232 valence electrons. The third-order valence-electron chi connectivity index (χ3n) is 5.80. The lowest BCUT2D eigenvalue weighted by Gasteiger charge is -2.22. The summed E-state index contributed by atoms with van der Waals surface area (Å²) in [6.45, 7) is 14.7. The van der Waals surface area contributed by atoms with Crippen molar-refractivity contribution in [2.45, 2.75) is 18.8 Å². The van der Waals surface area contributed by atoms with Gasteiger partial charge in [-0.3, -0.25) is 0 Å². The van der Waals surface area contributed by atoms with Crippen molar-refractivity contribution in [3.8, 4) is 0 Å². The summed E-state index contributed by atoms with van der Waals surface area (Å²) in [4.78, 5) is 0. The minimum atomic E-state index is -0.446. The topological polar surface area (TPSA) is 131 Å². The van der Waals surface area contributed by atoms with Crippen molar-refractivity contribution in [2.24, 2.45) is 0 Å². The van der Waals surface area contributed by atoms with Gasteiger partial charge in [-0.15, -0.1) is 0 Å². The van der Waals surface area contributed by atoms with Gasteiger partial charge in [-0.2, -0.15) is 0 Å². The van der Waals surface area contributed by atoms with Gasteiger partial charge in [-0.1, -0.05) is 0 Å². The Labute approximate surface area is 234 Å². The Morgan fingerprint density at radius 1 is 0.436 bits per heavy atom. The van der Waals surface area contributed by atoms with Crippen LogP contribution in [0.25, 0.3) is 0 Å². The summed E-state index contributed by atoms with van der Waals surface area (Å²) >= 11 is 0. The molecule has 0 aromatic rings. The summed E-state index contributed by atoms with van der Waals surface area (Å²) in [5.41, 5.74) is 0. The third-order valence-corrected chi connectivity index (χ3v) is 5.80. The molecule has 0 spiro atoms. The van der Waals surface area contributed by atoms with E-state index in [4.69, 9.17) is 42.6 Å². The van der Waals surface area contributed by atoms with Crippen LogP contribution in [0.3, 0.4) is 0 Å². The molecule has 0 aromatic heterocycles. The summed E-state index contributed by atoms with van der Waals surface area (Å²) in [5, 5.41) is 13.3. The second-order valence-electron chi connectivity index (χ2n) is 9.05. The van der Waals surface area contributed by atoms with Gasteiger partial charge in [-0.05, 0) is 6.42 Å². The van der Waals surface area contributed by atoms with E-state index in [1.807, 2.05) is 0 Å².